The zero-order valence-corrected chi connectivity index (χ0v) is 12.7. The van der Waals surface area contributed by atoms with E-state index in [1.165, 1.54) is 6.26 Å². The van der Waals surface area contributed by atoms with E-state index < -0.39 is 0 Å². The second kappa shape index (κ2) is 6.81. The molecule has 0 amide bonds. The summed E-state index contributed by atoms with van der Waals surface area (Å²) in [6, 6.07) is 0. The van der Waals surface area contributed by atoms with Crippen LogP contribution < -0.4 is 0 Å². The molecule has 0 aliphatic rings. The van der Waals surface area contributed by atoms with Gasteiger partial charge in [-0.25, -0.2) is 0 Å². The zero-order chi connectivity index (χ0) is 14.4. The molecule has 0 aliphatic heterocycles. The van der Waals surface area contributed by atoms with Gasteiger partial charge in [0.1, 0.15) is 13.2 Å². The lowest BCUT2D eigenvalue weighted by Crippen LogP contribution is -2.34. The van der Waals surface area contributed by atoms with Crippen molar-refractivity contribution in [3.63, 3.8) is 0 Å². The predicted octanol–water partition coefficient (Wildman–Crippen LogP) is 3.79. The molecule has 0 bridgehead atoms. The van der Waals surface area contributed by atoms with Gasteiger partial charge in [-0.1, -0.05) is 48.1 Å². The molecule has 0 N–H and O–H groups in total. The molecular weight excluding hydrogens is 228 g/mol. The van der Waals surface area contributed by atoms with Gasteiger partial charge in [0, 0.05) is 0 Å². The van der Waals surface area contributed by atoms with Crippen molar-refractivity contribution in [1.29, 1.82) is 0 Å². The van der Waals surface area contributed by atoms with Crippen LogP contribution in [0.15, 0.2) is 12.8 Å². The fourth-order valence-electron chi connectivity index (χ4n) is 1.73. The molecule has 0 aromatic rings. The summed E-state index contributed by atoms with van der Waals surface area (Å²) in [6.07, 6.45) is 2.17. The van der Waals surface area contributed by atoms with Crippen LogP contribution in [0, 0.1) is 16.7 Å². The molecule has 0 aromatic carbocycles. The van der Waals surface area contributed by atoms with E-state index in [0.29, 0.717) is 6.61 Å². The zero-order valence-electron chi connectivity index (χ0n) is 12.7. The van der Waals surface area contributed by atoms with E-state index in [2.05, 4.69) is 48.1 Å². The Morgan fingerprint density at radius 3 is 2.11 bits per heavy atom. The Bertz CT molecular complexity index is 268. The van der Waals surface area contributed by atoms with Gasteiger partial charge in [0.25, 0.3) is 0 Å². The third-order valence-corrected chi connectivity index (χ3v) is 2.71. The number of hydrogen-bond acceptors (Lipinski definition) is 3. The van der Waals surface area contributed by atoms with Gasteiger partial charge in [-0.15, -0.1) is 0 Å². The summed E-state index contributed by atoms with van der Waals surface area (Å²) in [7, 11) is 0. The molecule has 3 heteroatoms. The minimum atomic E-state index is -0.134. The Balaban J connectivity index is 4.48. The first kappa shape index (κ1) is 17.0. The molecule has 0 aliphatic carbocycles. The van der Waals surface area contributed by atoms with Crippen molar-refractivity contribution in [2.45, 2.75) is 48.0 Å². The van der Waals surface area contributed by atoms with Crippen LogP contribution in [-0.2, 0) is 14.3 Å². The van der Waals surface area contributed by atoms with E-state index in [0.717, 1.165) is 6.42 Å². The van der Waals surface area contributed by atoms with E-state index in [9.17, 15) is 4.79 Å². The summed E-state index contributed by atoms with van der Waals surface area (Å²) in [6.45, 7) is 16.7. The molecule has 18 heavy (non-hydrogen) atoms. The maximum atomic E-state index is 12.1. The highest BCUT2D eigenvalue weighted by atomic mass is 16.6. The van der Waals surface area contributed by atoms with Crippen molar-refractivity contribution < 1.29 is 14.3 Å². The molecule has 1 unspecified atom stereocenters. The fourth-order valence-corrected chi connectivity index (χ4v) is 1.73. The van der Waals surface area contributed by atoms with Crippen molar-refractivity contribution >= 4 is 5.97 Å². The number of esters is 1. The molecule has 106 valence electrons. The molecule has 0 aromatic heterocycles. The van der Waals surface area contributed by atoms with Crippen LogP contribution in [0.2, 0.25) is 0 Å². The minimum absolute atomic E-state index is 0.0936. The Morgan fingerprint density at radius 1 is 1.17 bits per heavy atom. The Labute approximate surface area is 112 Å². The molecule has 3 nitrogen and oxygen atoms in total. The van der Waals surface area contributed by atoms with E-state index in [-0.39, 0.29) is 29.3 Å². The molecule has 0 spiro atoms. The van der Waals surface area contributed by atoms with Crippen LogP contribution in [0.1, 0.15) is 48.0 Å². The van der Waals surface area contributed by atoms with Gasteiger partial charge in [0.15, 0.2) is 0 Å². The first-order valence-corrected chi connectivity index (χ1v) is 6.47. The van der Waals surface area contributed by atoms with Gasteiger partial charge >= 0.3 is 5.97 Å². The van der Waals surface area contributed by atoms with Crippen molar-refractivity contribution in [2.24, 2.45) is 16.7 Å². The number of hydrogen-bond donors (Lipinski definition) is 0. The van der Waals surface area contributed by atoms with Crippen LogP contribution in [0.25, 0.3) is 0 Å². The lowest BCUT2D eigenvalue weighted by Gasteiger charge is -2.33. The number of carbonyl (C=O) groups excluding carboxylic acids is 1. The second-order valence-electron chi connectivity index (χ2n) is 6.89. The van der Waals surface area contributed by atoms with Crippen molar-refractivity contribution in [1.82, 2.24) is 0 Å². The number of rotatable bonds is 6. The third-order valence-electron chi connectivity index (χ3n) is 2.71. The average molecular weight is 256 g/mol. The van der Waals surface area contributed by atoms with Gasteiger partial charge in [-0.2, -0.15) is 0 Å². The van der Waals surface area contributed by atoms with Crippen LogP contribution in [0.3, 0.4) is 0 Å². The van der Waals surface area contributed by atoms with E-state index >= 15 is 0 Å². The quantitative estimate of drug-likeness (QED) is 0.412. The summed E-state index contributed by atoms with van der Waals surface area (Å²) < 4.78 is 10.2. The maximum absolute atomic E-state index is 12.1. The van der Waals surface area contributed by atoms with Crippen LogP contribution >= 0.6 is 0 Å². The Hall–Kier alpha value is -0.990. The fraction of sp³-hybridized carbons (Fsp3) is 0.800. The lowest BCUT2D eigenvalue weighted by molar-refractivity contribution is -0.155. The number of ether oxygens (including phenoxy) is 2. The highest BCUT2D eigenvalue weighted by Gasteiger charge is 2.35. The maximum Gasteiger partial charge on any atom is 0.309 e. The summed E-state index contributed by atoms with van der Waals surface area (Å²) in [4.78, 5) is 12.1. The van der Waals surface area contributed by atoms with Gasteiger partial charge in [-0.3, -0.25) is 4.79 Å². The predicted molar refractivity (Wildman–Crippen MR) is 74.1 cm³/mol. The topological polar surface area (TPSA) is 35.5 Å². The SMILES string of the molecule is C=COCCOC(=O)C(CC(C)(C)C)C(C)(C)C. The van der Waals surface area contributed by atoms with Crippen LogP contribution in [-0.4, -0.2) is 19.2 Å². The van der Waals surface area contributed by atoms with Crippen molar-refractivity contribution in [3.05, 3.63) is 12.8 Å². The average Bonchev–Trinajstić information content (AvgIpc) is 2.18. The van der Waals surface area contributed by atoms with E-state index in [1.54, 1.807) is 0 Å². The van der Waals surface area contributed by atoms with Gasteiger partial charge < -0.3 is 9.47 Å². The third kappa shape index (κ3) is 7.36. The summed E-state index contributed by atoms with van der Waals surface area (Å²) in [5, 5.41) is 0. The Kier molecular flexibility index (Phi) is 6.44. The summed E-state index contributed by atoms with van der Waals surface area (Å²) in [5.74, 6) is -0.230. The molecule has 0 saturated carbocycles. The molecule has 0 radical (unpaired) electrons. The largest absolute Gasteiger partial charge is 0.498 e. The van der Waals surface area contributed by atoms with E-state index in [1.807, 2.05) is 0 Å². The van der Waals surface area contributed by atoms with Gasteiger partial charge in [0.05, 0.1) is 12.2 Å². The van der Waals surface area contributed by atoms with Crippen LogP contribution in [0.5, 0.6) is 0 Å². The summed E-state index contributed by atoms with van der Waals surface area (Å²) >= 11 is 0. The van der Waals surface area contributed by atoms with Crippen LogP contribution in [0.4, 0.5) is 0 Å². The van der Waals surface area contributed by atoms with Gasteiger partial charge in [-0.05, 0) is 17.3 Å². The van der Waals surface area contributed by atoms with Crippen molar-refractivity contribution in [2.75, 3.05) is 13.2 Å². The molecule has 0 saturated heterocycles. The first-order chi connectivity index (χ1) is 8.08. The highest BCUT2D eigenvalue weighted by molar-refractivity contribution is 5.73. The van der Waals surface area contributed by atoms with Gasteiger partial charge in [0.2, 0.25) is 0 Å². The molecule has 0 heterocycles. The lowest BCUT2D eigenvalue weighted by atomic mass is 9.72. The Morgan fingerprint density at radius 2 is 1.72 bits per heavy atom. The second-order valence-corrected chi connectivity index (χ2v) is 6.89. The van der Waals surface area contributed by atoms with Crippen molar-refractivity contribution in [3.8, 4) is 0 Å². The normalized spacial score (nSPS) is 13.9. The highest BCUT2D eigenvalue weighted by Crippen LogP contribution is 2.36. The smallest absolute Gasteiger partial charge is 0.309 e. The molecular formula is C15H28O3. The molecule has 0 rings (SSSR count). The number of carbonyl (C=O) groups is 1. The minimum Gasteiger partial charge on any atom is -0.498 e. The first-order valence-electron chi connectivity index (χ1n) is 6.47. The standard InChI is InChI=1S/C15H28O3/c1-8-17-9-10-18-13(16)12(15(5,6)7)11-14(2,3)4/h8,12H,1,9-11H2,2-7H3. The molecule has 1 atom stereocenters. The monoisotopic (exact) mass is 256 g/mol. The van der Waals surface area contributed by atoms with E-state index in [4.69, 9.17) is 9.47 Å². The summed E-state index contributed by atoms with van der Waals surface area (Å²) in [5.41, 5.74) is 0.0121. The molecule has 0 fully saturated rings.